The second kappa shape index (κ2) is 9.27. The zero-order chi connectivity index (χ0) is 13.3. The number of rotatable bonds is 10. The van der Waals surface area contributed by atoms with Gasteiger partial charge in [-0.05, 0) is 11.8 Å². The largest absolute Gasteiger partial charge is 0.381 e. The molecule has 2 atom stereocenters. The second-order valence-corrected chi connectivity index (χ2v) is 4.64. The highest BCUT2D eigenvalue weighted by Gasteiger charge is 2.11. The average molecular weight is 244 g/mol. The van der Waals surface area contributed by atoms with E-state index < -0.39 is 0 Å². The van der Waals surface area contributed by atoms with Gasteiger partial charge in [0, 0.05) is 26.1 Å². The number of carbonyl (C=O) groups excluding carboxylic acids is 2. The van der Waals surface area contributed by atoms with Crippen LogP contribution in [0.2, 0.25) is 0 Å². The smallest absolute Gasteiger partial charge is 0.146 e. The third-order valence-electron chi connectivity index (χ3n) is 2.41. The standard InChI is InChI=1S/C12H24N2O3/c1-9(3-11(15)5-13)7-17-8-10(2)4-12(16)6-14/h9-10H,3-8,13-14H2,1-2H3. The quantitative estimate of drug-likeness (QED) is 0.568. The van der Waals surface area contributed by atoms with Gasteiger partial charge in [0.15, 0.2) is 0 Å². The minimum absolute atomic E-state index is 0.0486. The summed E-state index contributed by atoms with van der Waals surface area (Å²) in [6.45, 7) is 5.11. The number of carbonyl (C=O) groups is 2. The molecule has 4 N–H and O–H groups in total. The van der Waals surface area contributed by atoms with Crippen LogP contribution in [0.4, 0.5) is 0 Å². The molecule has 2 unspecified atom stereocenters. The maximum atomic E-state index is 11.1. The maximum Gasteiger partial charge on any atom is 0.146 e. The molecule has 0 aliphatic heterocycles. The van der Waals surface area contributed by atoms with Crippen LogP contribution in [0.15, 0.2) is 0 Å². The molecule has 0 aromatic heterocycles. The van der Waals surface area contributed by atoms with Crippen molar-refractivity contribution in [2.75, 3.05) is 26.3 Å². The Morgan fingerprint density at radius 1 is 0.941 bits per heavy atom. The molecule has 0 saturated heterocycles. The molecule has 0 saturated carbocycles. The molecule has 0 amide bonds. The molecule has 0 heterocycles. The molecule has 0 fully saturated rings. The molecular weight excluding hydrogens is 220 g/mol. The number of hydrogen-bond donors (Lipinski definition) is 2. The average Bonchev–Trinajstić information content (AvgIpc) is 2.28. The molecule has 17 heavy (non-hydrogen) atoms. The van der Waals surface area contributed by atoms with Crippen LogP contribution in [0.3, 0.4) is 0 Å². The highest BCUT2D eigenvalue weighted by atomic mass is 16.5. The lowest BCUT2D eigenvalue weighted by atomic mass is 10.0. The van der Waals surface area contributed by atoms with Gasteiger partial charge in [0.1, 0.15) is 11.6 Å². The summed E-state index contributed by atoms with van der Waals surface area (Å²) < 4.78 is 5.46. The van der Waals surface area contributed by atoms with Crippen molar-refractivity contribution in [2.45, 2.75) is 26.7 Å². The topological polar surface area (TPSA) is 95.4 Å². The van der Waals surface area contributed by atoms with Crippen molar-refractivity contribution in [3.8, 4) is 0 Å². The highest BCUT2D eigenvalue weighted by molar-refractivity contribution is 5.80. The molecular formula is C12H24N2O3. The predicted molar refractivity (Wildman–Crippen MR) is 66.5 cm³/mol. The van der Waals surface area contributed by atoms with E-state index >= 15 is 0 Å². The summed E-state index contributed by atoms with van der Waals surface area (Å²) in [5.74, 6) is 0.437. The lowest BCUT2D eigenvalue weighted by Crippen LogP contribution is -2.21. The number of ketones is 2. The second-order valence-electron chi connectivity index (χ2n) is 4.64. The summed E-state index contributed by atoms with van der Waals surface area (Å²) in [5, 5.41) is 0. The van der Waals surface area contributed by atoms with Crippen molar-refractivity contribution >= 4 is 11.6 Å². The van der Waals surface area contributed by atoms with Crippen LogP contribution in [0.5, 0.6) is 0 Å². The Labute approximate surface area is 103 Å². The van der Waals surface area contributed by atoms with Gasteiger partial charge in [0.25, 0.3) is 0 Å². The van der Waals surface area contributed by atoms with Crippen LogP contribution in [0.25, 0.3) is 0 Å². The van der Waals surface area contributed by atoms with Crippen LogP contribution in [0, 0.1) is 11.8 Å². The molecule has 0 aliphatic rings. The Balaban J connectivity index is 3.61. The van der Waals surface area contributed by atoms with E-state index in [1.807, 2.05) is 13.8 Å². The van der Waals surface area contributed by atoms with E-state index in [1.165, 1.54) is 0 Å². The molecule has 0 rings (SSSR count). The van der Waals surface area contributed by atoms with Gasteiger partial charge in [0.2, 0.25) is 0 Å². The van der Waals surface area contributed by atoms with Crippen LogP contribution >= 0.6 is 0 Å². The fourth-order valence-corrected chi connectivity index (χ4v) is 1.53. The van der Waals surface area contributed by atoms with Gasteiger partial charge in [-0.15, -0.1) is 0 Å². The first-order valence-electron chi connectivity index (χ1n) is 6.00. The number of ether oxygens (including phenoxy) is 1. The van der Waals surface area contributed by atoms with Crippen LogP contribution in [-0.2, 0) is 14.3 Å². The van der Waals surface area contributed by atoms with Gasteiger partial charge < -0.3 is 16.2 Å². The SMILES string of the molecule is CC(COCC(C)CC(=O)CN)CC(=O)CN. The van der Waals surface area contributed by atoms with E-state index in [0.29, 0.717) is 26.1 Å². The molecule has 0 aromatic carbocycles. The summed E-state index contributed by atoms with van der Waals surface area (Å²) in [5.41, 5.74) is 10.5. The van der Waals surface area contributed by atoms with Gasteiger partial charge in [-0.2, -0.15) is 0 Å². The molecule has 0 aromatic rings. The Morgan fingerprint density at radius 3 is 1.59 bits per heavy atom. The van der Waals surface area contributed by atoms with Crippen LogP contribution in [0.1, 0.15) is 26.7 Å². The van der Waals surface area contributed by atoms with Crippen molar-refractivity contribution in [1.29, 1.82) is 0 Å². The van der Waals surface area contributed by atoms with Gasteiger partial charge in [-0.3, -0.25) is 9.59 Å². The normalized spacial score (nSPS) is 14.4. The van der Waals surface area contributed by atoms with Gasteiger partial charge in [0.05, 0.1) is 13.1 Å². The molecule has 100 valence electrons. The molecule has 0 spiro atoms. The van der Waals surface area contributed by atoms with Crippen molar-refractivity contribution in [3.05, 3.63) is 0 Å². The zero-order valence-electron chi connectivity index (χ0n) is 10.8. The Morgan fingerprint density at radius 2 is 1.29 bits per heavy atom. The molecule has 0 aliphatic carbocycles. The molecule has 5 heteroatoms. The van der Waals surface area contributed by atoms with Crippen LogP contribution in [-0.4, -0.2) is 37.9 Å². The number of nitrogens with two attached hydrogens (primary N) is 2. The first-order chi connectivity index (χ1) is 7.99. The first kappa shape index (κ1) is 16.2. The minimum Gasteiger partial charge on any atom is -0.381 e. The summed E-state index contributed by atoms with van der Waals surface area (Å²) in [7, 11) is 0. The van der Waals surface area contributed by atoms with E-state index in [9.17, 15) is 9.59 Å². The van der Waals surface area contributed by atoms with Crippen molar-refractivity contribution in [3.63, 3.8) is 0 Å². The molecule has 0 radical (unpaired) electrons. The summed E-state index contributed by atoms with van der Waals surface area (Å²) in [6, 6.07) is 0. The van der Waals surface area contributed by atoms with E-state index in [1.54, 1.807) is 0 Å². The van der Waals surface area contributed by atoms with E-state index in [4.69, 9.17) is 16.2 Å². The lowest BCUT2D eigenvalue weighted by Gasteiger charge is -2.14. The monoisotopic (exact) mass is 244 g/mol. The molecule has 0 bridgehead atoms. The van der Waals surface area contributed by atoms with Crippen molar-refractivity contribution in [1.82, 2.24) is 0 Å². The third kappa shape index (κ3) is 8.97. The van der Waals surface area contributed by atoms with Crippen molar-refractivity contribution in [2.24, 2.45) is 23.3 Å². The van der Waals surface area contributed by atoms with Gasteiger partial charge >= 0.3 is 0 Å². The zero-order valence-corrected chi connectivity index (χ0v) is 10.8. The predicted octanol–water partition coefficient (Wildman–Crippen LogP) is 0.111. The van der Waals surface area contributed by atoms with Crippen LogP contribution < -0.4 is 11.5 Å². The summed E-state index contributed by atoms with van der Waals surface area (Å²) >= 11 is 0. The third-order valence-corrected chi connectivity index (χ3v) is 2.41. The van der Waals surface area contributed by atoms with E-state index in [0.717, 1.165) is 0 Å². The fraction of sp³-hybridized carbons (Fsp3) is 0.833. The highest BCUT2D eigenvalue weighted by Crippen LogP contribution is 2.07. The Bertz CT molecular complexity index is 220. The fourth-order valence-electron chi connectivity index (χ4n) is 1.53. The summed E-state index contributed by atoms with van der Waals surface area (Å²) in [6.07, 6.45) is 0.902. The number of Topliss-reactive ketones (excluding diaryl/α,β-unsaturated/α-hetero) is 2. The molecule has 5 nitrogen and oxygen atoms in total. The summed E-state index contributed by atoms with van der Waals surface area (Å²) in [4.78, 5) is 22.1. The number of hydrogen-bond acceptors (Lipinski definition) is 5. The lowest BCUT2D eigenvalue weighted by molar-refractivity contribution is -0.119. The van der Waals surface area contributed by atoms with Gasteiger partial charge in [-0.1, -0.05) is 13.8 Å². The minimum atomic E-state index is 0.0486. The maximum absolute atomic E-state index is 11.1. The van der Waals surface area contributed by atoms with E-state index in [-0.39, 0.29) is 36.5 Å². The van der Waals surface area contributed by atoms with Gasteiger partial charge in [-0.25, -0.2) is 0 Å². The Kier molecular flexibility index (Phi) is 8.85. The first-order valence-corrected chi connectivity index (χ1v) is 6.00. The van der Waals surface area contributed by atoms with E-state index in [2.05, 4.69) is 0 Å². The Hall–Kier alpha value is -0.780. The van der Waals surface area contributed by atoms with Crippen molar-refractivity contribution < 1.29 is 14.3 Å².